The topological polar surface area (TPSA) is 81.0 Å². The van der Waals surface area contributed by atoms with E-state index in [2.05, 4.69) is 15.3 Å². The Balaban J connectivity index is 2.19. The van der Waals surface area contributed by atoms with Crippen LogP contribution in [0.1, 0.15) is 4.88 Å². The van der Waals surface area contributed by atoms with Crippen LogP contribution >= 0.6 is 22.9 Å². The molecule has 0 aliphatic rings. The van der Waals surface area contributed by atoms with E-state index in [1.54, 1.807) is 11.3 Å². The molecule has 2 aromatic heterocycles. The van der Waals surface area contributed by atoms with Crippen molar-refractivity contribution >= 4 is 34.4 Å². The van der Waals surface area contributed by atoms with Crippen molar-refractivity contribution in [2.24, 2.45) is 0 Å². The van der Waals surface area contributed by atoms with Crippen LogP contribution < -0.4 is 5.32 Å². The van der Waals surface area contributed by atoms with E-state index in [4.69, 9.17) is 11.6 Å². The number of hydrogen-bond donors (Lipinski definition) is 1. The summed E-state index contributed by atoms with van der Waals surface area (Å²) in [5.74, 6) is 0.128. The van der Waals surface area contributed by atoms with E-state index in [1.807, 2.05) is 17.5 Å². The molecule has 2 rings (SSSR count). The van der Waals surface area contributed by atoms with E-state index in [-0.39, 0.29) is 16.8 Å². The zero-order valence-corrected chi connectivity index (χ0v) is 10.0. The van der Waals surface area contributed by atoms with Gasteiger partial charge in [0, 0.05) is 4.88 Å². The Kier molecular flexibility index (Phi) is 3.50. The molecule has 2 heterocycles. The van der Waals surface area contributed by atoms with E-state index in [1.165, 1.54) is 0 Å². The quantitative estimate of drug-likeness (QED) is 0.525. The largest absolute Gasteiger partial charge is 0.359 e. The third kappa shape index (κ3) is 2.89. The van der Waals surface area contributed by atoms with E-state index in [9.17, 15) is 10.1 Å². The van der Waals surface area contributed by atoms with Crippen LogP contribution in [0.3, 0.4) is 0 Å². The van der Waals surface area contributed by atoms with Crippen LogP contribution in [-0.4, -0.2) is 14.9 Å². The van der Waals surface area contributed by atoms with Gasteiger partial charge in [-0.05, 0) is 23.0 Å². The molecule has 0 spiro atoms. The second kappa shape index (κ2) is 5.07. The van der Waals surface area contributed by atoms with E-state index in [0.717, 1.165) is 11.1 Å². The molecule has 0 aliphatic heterocycles. The number of nitrogens with zero attached hydrogens (tertiary/aromatic N) is 3. The predicted molar refractivity (Wildman–Crippen MR) is 65.3 cm³/mol. The average Bonchev–Trinajstić information content (AvgIpc) is 2.78. The van der Waals surface area contributed by atoms with Gasteiger partial charge in [0.15, 0.2) is 0 Å². The summed E-state index contributed by atoms with van der Waals surface area (Å²) in [6.45, 7) is 0.464. The van der Waals surface area contributed by atoms with Crippen molar-refractivity contribution in [1.82, 2.24) is 9.97 Å². The molecule has 0 bridgehead atoms. The van der Waals surface area contributed by atoms with Crippen molar-refractivity contribution in [3.05, 3.63) is 44.0 Å². The monoisotopic (exact) mass is 270 g/mol. The van der Waals surface area contributed by atoms with Crippen LogP contribution in [0.25, 0.3) is 0 Å². The molecule has 0 aromatic carbocycles. The van der Waals surface area contributed by atoms with Gasteiger partial charge in [-0.15, -0.1) is 11.3 Å². The number of rotatable bonds is 4. The first-order chi connectivity index (χ1) is 8.16. The normalized spacial score (nSPS) is 10.2. The summed E-state index contributed by atoms with van der Waals surface area (Å²) < 4.78 is 0. The fourth-order valence-corrected chi connectivity index (χ4v) is 1.98. The second-order valence-corrected chi connectivity index (χ2v) is 4.43. The van der Waals surface area contributed by atoms with Crippen LogP contribution in [0, 0.1) is 10.1 Å². The Morgan fingerprint density at radius 3 is 3.06 bits per heavy atom. The Morgan fingerprint density at radius 1 is 1.59 bits per heavy atom. The molecule has 1 N–H and O–H groups in total. The minimum atomic E-state index is -0.549. The van der Waals surface area contributed by atoms with Gasteiger partial charge in [-0.3, -0.25) is 10.1 Å². The van der Waals surface area contributed by atoms with Gasteiger partial charge >= 0.3 is 5.69 Å². The molecule has 8 heteroatoms. The molecular formula is C9H7ClN4O2S. The van der Waals surface area contributed by atoms with Crippen LogP contribution in [-0.2, 0) is 6.54 Å². The summed E-state index contributed by atoms with van der Waals surface area (Å²) in [4.78, 5) is 18.6. The number of anilines is 1. The summed E-state index contributed by atoms with van der Waals surface area (Å²) in [6.07, 6.45) is 1.09. The number of thiophene rings is 1. The van der Waals surface area contributed by atoms with Crippen LogP contribution in [0.4, 0.5) is 11.5 Å². The van der Waals surface area contributed by atoms with E-state index < -0.39 is 4.92 Å². The highest BCUT2D eigenvalue weighted by molar-refractivity contribution is 7.09. The molecule has 0 amide bonds. The van der Waals surface area contributed by atoms with Gasteiger partial charge < -0.3 is 5.32 Å². The summed E-state index contributed by atoms with van der Waals surface area (Å²) in [5.41, 5.74) is -0.189. The number of halogens is 1. The van der Waals surface area contributed by atoms with E-state index in [0.29, 0.717) is 6.54 Å². The van der Waals surface area contributed by atoms with Gasteiger partial charge in [-0.25, -0.2) is 4.98 Å². The molecule has 0 saturated carbocycles. The third-order valence-electron chi connectivity index (χ3n) is 1.95. The molecular weight excluding hydrogens is 264 g/mol. The molecule has 0 unspecified atom stereocenters. The third-order valence-corrected chi connectivity index (χ3v) is 3.01. The maximum Gasteiger partial charge on any atom is 0.329 e. The fraction of sp³-hybridized carbons (Fsp3) is 0.111. The Bertz CT molecular complexity index is 532. The van der Waals surface area contributed by atoms with Crippen molar-refractivity contribution in [1.29, 1.82) is 0 Å². The van der Waals surface area contributed by atoms with Crippen molar-refractivity contribution in [2.75, 3.05) is 5.32 Å². The summed E-state index contributed by atoms with van der Waals surface area (Å²) in [5, 5.41) is 15.5. The summed E-state index contributed by atoms with van der Waals surface area (Å²) in [6, 6.07) is 3.83. The predicted octanol–water partition coefficient (Wildman–Crippen LogP) is 2.71. The first kappa shape index (κ1) is 11.7. The smallest absolute Gasteiger partial charge is 0.329 e. The van der Waals surface area contributed by atoms with Crippen molar-refractivity contribution < 1.29 is 4.92 Å². The van der Waals surface area contributed by atoms with Crippen LogP contribution in [0.2, 0.25) is 5.28 Å². The van der Waals surface area contributed by atoms with Crippen LogP contribution in [0.5, 0.6) is 0 Å². The molecule has 17 heavy (non-hydrogen) atoms. The summed E-state index contributed by atoms with van der Waals surface area (Å²) in [7, 11) is 0. The second-order valence-electron chi connectivity index (χ2n) is 3.06. The maximum atomic E-state index is 10.7. The van der Waals surface area contributed by atoms with Crippen LogP contribution in [0.15, 0.2) is 23.7 Å². The lowest BCUT2D eigenvalue weighted by Crippen LogP contribution is -2.04. The average molecular weight is 271 g/mol. The van der Waals surface area contributed by atoms with Gasteiger partial charge in [0.2, 0.25) is 11.1 Å². The highest BCUT2D eigenvalue weighted by Gasteiger charge is 2.16. The maximum absolute atomic E-state index is 10.7. The standard InChI is InChI=1S/C9H7ClN4O2S/c10-9-12-5-7(14(15)16)8(13-9)11-4-6-2-1-3-17-6/h1-3,5H,4H2,(H,11,12,13). The first-order valence-corrected chi connectivity index (χ1v) is 5.86. The summed E-state index contributed by atoms with van der Waals surface area (Å²) >= 11 is 7.15. The zero-order chi connectivity index (χ0) is 12.3. The van der Waals surface area contributed by atoms with Crippen molar-refractivity contribution in [3.63, 3.8) is 0 Å². The highest BCUT2D eigenvalue weighted by Crippen LogP contribution is 2.23. The molecule has 0 aliphatic carbocycles. The van der Waals surface area contributed by atoms with Crippen molar-refractivity contribution in [2.45, 2.75) is 6.54 Å². The lowest BCUT2D eigenvalue weighted by atomic mass is 10.4. The lowest BCUT2D eigenvalue weighted by Gasteiger charge is -2.04. The van der Waals surface area contributed by atoms with Gasteiger partial charge in [0.25, 0.3) is 0 Å². The number of aromatic nitrogens is 2. The van der Waals surface area contributed by atoms with Gasteiger partial charge in [0.1, 0.15) is 6.20 Å². The number of nitro groups is 1. The molecule has 2 aromatic rings. The molecule has 0 atom stereocenters. The lowest BCUT2D eigenvalue weighted by molar-refractivity contribution is -0.384. The SMILES string of the molecule is O=[N+]([O-])c1cnc(Cl)nc1NCc1cccs1. The van der Waals surface area contributed by atoms with Gasteiger partial charge in [0.05, 0.1) is 11.5 Å². The molecule has 88 valence electrons. The number of hydrogen-bond acceptors (Lipinski definition) is 6. The Morgan fingerprint density at radius 2 is 2.41 bits per heavy atom. The molecule has 0 radical (unpaired) electrons. The van der Waals surface area contributed by atoms with Crippen molar-refractivity contribution in [3.8, 4) is 0 Å². The Hall–Kier alpha value is -1.73. The number of nitrogens with one attached hydrogen (secondary N) is 1. The van der Waals surface area contributed by atoms with E-state index >= 15 is 0 Å². The highest BCUT2D eigenvalue weighted by atomic mass is 35.5. The molecule has 0 fully saturated rings. The minimum Gasteiger partial charge on any atom is -0.359 e. The fourth-order valence-electron chi connectivity index (χ4n) is 1.20. The Labute approximate surface area is 105 Å². The zero-order valence-electron chi connectivity index (χ0n) is 8.46. The first-order valence-electron chi connectivity index (χ1n) is 4.60. The minimum absolute atomic E-state index is 0.0238. The molecule has 0 saturated heterocycles. The molecule has 6 nitrogen and oxygen atoms in total. The van der Waals surface area contributed by atoms with Gasteiger partial charge in [-0.1, -0.05) is 6.07 Å². The van der Waals surface area contributed by atoms with Gasteiger partial charge in [-0.2, -0.15) is 4.98 Å².